The first kappa shape index (κ1) is 46.7. The minimum absolute atomic E-state index is 0.131. The Kier molecular flexibility index (Phi) is 13.3. The van der Waals surface area contributed by atoms with Gasteiger partial charge in [-0.3, -0.25) is 24.1 Å². The molecule has 358 valence electrons. The molecule has 2 fully saturated rings. The van der Waals surface area contributed by atoms with Crippen LogP contribution in [0.15, 0.2) is 65.0 Å². The predicted octanol–water partition coefficient (Wildman–Crippen LogP) is 8.91. The molecular weight excluding hydrogens is 888 g/mol. The van der Waals surface area contributed by atoms with Crippen molar-refractivity contribution in [2.24, 2.45) is 21.8 Å². The first-order valence-corrected chi connectivity index (χ1v) is 24.5. The van der Waals surface area contributed by atoms with Gasteiger partial charge in [-0.1, -0.05) is 40.7 Å². The van der Waals surface area contributed by atoms with Gasteiger partial charge in [-0.2, -0.15) is 0 Å². The van der Waals surface area contributed by atoms with Gasteiger partial charge in [0.1, 0.15) is 23.7 Å². The minimum atomic E-state index is -0.743. The fourth-order valence-corrected chi connectivity index (χ4v) is 11.3. The van der Waals surface area contributed by atoms with E-state index in [1.54, 1.807) is 28.5 Å². The Morgan fingerprint density at radius 2 is 1.41 bits per heavy atom. The average molecular weight is 947 g/mol. The summed E-state index contributed by atoms with van der Waals surface area (Å²) in [6.07, 6.45) is 9.57. The van der Waals surface area contributed by atoms with Crippen molar-refractivity contribution in [3.8, 4) is 17.0 Å². The number of likely N-dealkylation sites (tertiary alicyclic amines) is 2. The number of ether oxygens (including phenoxy) is 3. The smallest absolute Gasteiger partial charge is 0.407 e. The van der Waals surface area contributed by atoms with Gasteiger partial charge in [-0.25, -0.2) is 19.0 Å². The number of carbonyl (C=O) groups is 4. The molecule has 5 aliphatic rings. The number of amides is 4. The molecule has 2 aromatic heterocycles. The van der Waals surface area contributed by atoms with E-state index in [4.69, 9.17) is 29.2 Å². The number of carbonyl (C=O) groups excluding carboxylic acids is 4. The number of nitrogens with one attached hydrogen (secondary N) is 2. The molecule has 68 heavy (non-hydrogen) atoms. The summed E-state index contributed by atoms with van der Waals surface area (Å²) in [5.41, 5.74) is 7.13. The van der Waals surface area contributed by atoms with E-state index in [-0.39, 0.29) is 35.7 Å². The molecule has 0 saturated carbocycles. The van der Waals surface area contributed by atoms with E-state index < -0.39 is 36.3 Å². The quantitative estimate of drug-likeness (QED) is 0.134. The number of alkyl carbamates (subject to hydrolysis) is 2. The monoisotopic (exact) mass is 946 g/mol. The fraction of sp³-hybridized carbons (Fsp3) is 0.471. The van der Waals surface area contributed by atoms with Crippen LogP contribution in [0.5, 0.6) is 5.75 Å². The number of allylic oxidation sites excluding steroid dienone is 2. The summed E-state index contributed by atoms with van der Waals surface area (Å²) in [6, 6.07) is 9.83. The lowest BCUT2D eigenvalue weighted by molar-refractivity contribution is -0.134. The standard InChI is InChI=1S/C51H59FN8O7S/c1-8-11-43-55-26-42(68-43)49-60-37-15-14-29(32-20-35(53-24-32)38-12-9-16-58(38)47(61)45(27(2)3)56-50(63)65-6)18-31(37)22-40(60)44-34(52)19-30(23-41(44)67-49)33-21-36(54-25-33)39-13-10-17-59(39)48(62)46(28(4)5)57-51(64)66-7/h14-15,18-19,22-28,38-39,45-46,49H,8-13,16-17,20-21H2,1-7H3,(H,56,63)(H,57,64)/t38-,39-,45-,46-,49?/m0/s1. The highest BCUT2D eigenvalue weighted by Gasteiger charge is 2.41. The van der Waals surface area contributed by atoms with Gasteiger partial charge in [0, 0.05) is 61.3 Å². The molecule has 9 rings (SSSR count). The number of hydrogen-bond donors (Lipinski definition) is 2. The van der Waals surface area contributed by atoms with Crippen LogP contribution in [0.25, 0.3) is 33.3 Å². The first-order chi connectivity index (χ1) is 32.8. The second-order valence-electron chi connectivity index (χ2n) is 18.9. The largest absolute Gasteiger partial charge is 0.464 e. The van der Waals surface area contributed by atoms with Gasteiger partial charge in [0.2, 0.25) is 18.0 Å². The van der Waals surface area contributed by atoms with Gasteiger partial charge in [-0.05, 0) is 103 Å². The van der Waals surface area contributed by atoms with E-state index in [0.29, 0.717) is 48.5 Å². The number of aryl methyl sites for hydroxylation is 1. The summed E-state index contributed by atoms with van der Waals surface area (Å²) in [7, 11) is 2.57. The van der Waals surface area contributed by atoms with Crippen LogP contribution >= 0.6 is 11.3 Å². The molecule has 2 N–H and O–H groups in total. The number of benzene rings is 2. The molecule has 4 aromatic rings. The summed E-state index contributed by atoms with van der Waals surface area (Å²) in [6.45, 7) is 10.8. The molecule has 17 heteroatoms. The summed E-state index contributed by atoms with van der Waals surface area (Å²) in [4.78, 5) is 70.9. The van der Waals surface area contributed by atoms with Gasteiger partial charge < -0.3 is 34.6 Å². The number of hydrogen-bond acceptors (Lipinski definition) is 11. The summed E-state index contributed by atoms with van der Waals surface area (Å²) in [5.74, 6) is -0.611. The van der Waals surface area contributed by atoms with Crippen molar-refractivity contribution in [2.75, 3.05) is 27.3 Å². The molecule has 1 unspecified atom stereocenters. The van der Waals surface area contributed by atoms with Crippen molar-refractivity contribution < 1.29 is 37.8 Å². The van der Waals surface area contributed by atoms with Crippen molar-refractivity contribution >= 4 is 68.8 Å². The average Bonchev–Trinajstić information content (AvgIpc) is 4.19. The third-order valence-electron chi connectivity index (χ3n) is 13.8. The van der Waals surface area contributed by atoms with Crippen LogP contribution in [0.1, 0.15) is 107 Å². The zero-order valence-electron chi connectivity index (χ0n) is 39.6. The van der Waals surface area contributed by atoms with Crippen LogP contribution in [-0.4, -0.2) is 106 Å². The van der Waals surface area contributed by atoms with E-state index in [1.165, 1.54) is 14.2 Å². The first-order valence-electron chi connectivity index (χ1n) is 23.7. The zero-order valence-corrected chi connectivity index (χ0v) is 40.5. The van der Waals surface area contributed by atoms with Crippen LogP contribution in [-0.2, 0) is 25.5 Å². The topological polar surface area (TPSA) is 169 Å². The van der Waals surface area contributed by atoms with Crippen molar-refractivity contribution in [1.82, 2.24) is 30.0 Å². The lowest BCUT2D eigenvalue weighted by Crippen LogP contribution is -2.53. The lowest BCUT2D eigenvalue weighted by Gasteiger charge is -2.31. The van der Waals surface area contributed by atoms with E-state index >= 15 is 4.39 Å². The van der Waals surface area contributed by atoms with Gasteiger partial charge in [-0.15, -0.1) is 11.3 Å². The number of thiazole rings is 1. The molecule has 2 saturated heterocycles. The highest BCUT2D eigenvalue weighted by atomic mass is 32.1. The van der Waals surface area contributed by atoms with E-state index in [1.807, 2.05) is 57.1 Å². The van der Waals surface area contributed by atoms with Crippen LogP contribution in [0, 0.1) is 17.7 Å². The molecular formula is C51H59FN8O7S. The van der Waals surface area contributed by atoms with Crippen molar-refractivity contribution in [2.45, 2.75) is 116 Å². The van der Waals surface area contributed by atoms with Gasteiger partial charge in [0.25, 0.3) is 0 Å². The van der Waals surface area contributed by atoms with Crippen molar-refractivity contribution in [3.05, 3.63) is 81.8 Å². The van der Waals surface area contributed by atoms with Crippen LogP contribution in [0.2, 0.25) is 0 Å². The Bertz CT molecular complexity index is 2790. The Hall–Kier alpha value is -6.36. The maximum atomic E-state index is 16.9. The Morgan fingerprint density at radius 1 is 0.824 bits per heavy atom. The summed E-state index contributed by atoms with van der Waals surface area (Å²) >= 11 is 1.60. The summed E-state index contributed by atoms with van der Waals surface area (Å²) < 4.78 is 35.5. The molecule has 0 bridgehead atoms. The van der Waals surface area contributed by atoms with E-state index in [2.05, 4.69) is 40.3 Å². The van der Waals surface area contributed by atoms with E-state index in [0.717, 1.165) is 87.4 Å². The summed E-state index contributed by atoms with van der Waals surface area (Å²) in [5, 5.41) is 7.35. The number of aliphatic imine (C=N–C) groups is 2. The number of rotatable bonds is 13. The fourth-order valence-electron chi connectivity index (χ4n) is 10.3. The number of halogens is 1. The van der Waals surface area contributed by atoms with Gasteiger partial charge in [0.15, 0.2) is 0 Å². The van der Waals surface area contributed by atoms with Crippen LogP contribution in [0.4, 0.5) is 14.0 Å². The Labute approximate surface area is 399 Å². The molecule has 5 atom stereocenters. The molecule has 0 spiro atoms. The number of methoxy groups -OCH3 is 2. The molecule has 7 heterocycles. The normalized spacial score (nSPS) is 20.6. The van der Waals surface area contributed by atoms with Crippen LogP contribution < -0.4 is 15.4 Å². The Balaban J connectivity index is 0.978. The molecule has 0 radical (unpaired) electrons. The Morgan fingerprint density at radius 3 is 1.97 bits per heavy atom. The number of fused-ring (bicyclic) bond motifs is 5. The highest BCUT2D eigenvalue weighted by Crippen LogP contribution is 2.48. The third kappa shape index (κ3) is 8.80. The van der Waals surface area contributed by atoms with Crippen molar-refractivity contribution in [3.63, 3.8) is 0 Å². The predicted molar refractivity (Wildman–Crippen MR) is 260 cm³/mol. The van der Waals surface area contributed by atoms with E-state index in [9.17, 15) is 19.2 Å². The SMILES string of the molecule is CCCc1ncc(C2Oc3cc(C4=CN=C([C@@H]5CCCN5C(=O)[C@@H](NC(=O)OC)C(C)C)C4)cc(F)c3-c3cc4cc(C5=CN=C([C@@H]6CCCN6C(=O)[C@@H](NC(=O)OC)C(C)C)C5)ccc4n32)s1. The second kappa shape index (κ2) is 19.3. The lowest BCUT2D eigenvalue weighted by atomic mass is 9.95. The van der Waals surface area contributed by atoms with Gasteiger partial charge in [0.05, 0.1) is 53.0 Å². The molecule has 15 nitrogen and oxygen atoms in total. The maximum absolute atomic E-state index is 16.9. The second-order valence-corrected chi connectivity index (χ2v) is 20.0. The number of aromatic nitrogens is 2. The van der Waals surface area contributed by atoms with Crippen LogP contribution in [0.3, 0.4) is 0 Å². The zero-order chi connectivity index (χ0) is 48.0. The maximum Gasteiger partial charge on any atom is 0.407 e. The highest BCUT2D eigenvalue weighted by molar-refractivity contribution is 7.11. The van der Waals surface area contributed by atoms with Crippen molar-refractivity contribution in [1.29, 1.82) is 0 Å². The molecule has 2 aromatic carbocycles. The third-order valence-corrected chi connectivity index (χ3v) is 14.9. The molecule has 5 aliphatic heterocycles. The van der Waals surface area contributed by atoms with Gasteiger partial charge >= 0.3 is 12.2 Å². The number of nitrogens with zero attached hydrogens (tertiary/aromatic N) is 6. The molecule has 4 amide bonds. The molecule has 0 aliphatic carbocycles. The minimum Gasteiger partial charge on any atom is -0.464 e.